The van der Waals surface area contributed by atoms with E-state index in [4.69, 9.17) is 10.5 Å². The van der Waals surface area contributed by atoms with Gasteiger partial charge in [-0.15, -0.1) is 0 Å². The highest BCUT2D eigenvalue weighted by atomic mass is 16.5. The van der Waals surface area contributed by atoms with Crippen LogP contribution >= 0.6 is 0 Å². The summed E-state index contributed by atoms with van der Waals surface area (Å²) in [7, 11) is 5.38. The van der Waals surface area contributed by atoms with E-state index in [0.29, 0.717) is 17.3 Å². The van der Waals surface area contributed by atoms with Crippen LogP contribution in [0, 0.1) is 0 Å². The molecule has 18 heavy (non-hydrogen) atoms. The number of carbonyl (C=O) groups excluding carboxylic acids is 1. The van der Waals surface area contributed by atoms with Crippen LogP contribution in [0.2, 0.25) is 0 Å². The number of anilines is 2. The van der Waals surface area contributed by atoms with Crippen molar-refractivity contribution < 1.29 is 9.53 Å². The first-order chi connectivity index (χ1) is 8.45. The van der Waals surface area contributed by atoms with Gasteiger partial charge in [-0.3, -0.25) is 0 Å². The van der Waals surface area contributed by atoms with Crippen molar-refractivity contribution in [3.8, 4) is 0 Å². The molecular formula is C13H21N3O2. The Morgan fingerprint density at radius 3 is 2.72 bits per heavy atom. The van der Waals surface area contributed by atoms with Crippen LogP contribution < -0.4 is 11.1 Å². The van der Waals surface area contributed by atoms with Gasteiger partial charge in [0.1, 0.15) is 0 Å². The Morgan fingerprint density at radius 1 is 1.50 bits per heavy atom. The van der Waals surface area contributed by atoms with E-state index in [0.717, 1.165) is 12.2 Å². The Morgan fingerprint density at radius 2 is 2.17 bits per heavy atom. The first kappa shape index (κ1) is 14.3. The van der Waals surface area contributed by atoms with Gasteiger partial charge in [-0.05, 0) is 39.2 Å². The Balaban J connectivity index is 2.85. The fourth-order valence-electron chi connectivity index (χ4n) is 1.44. The van der Waals surface area contributed by atoms with Crippen LogP contribution in [0.1, 0.15) is 17.3 Å². The van der Waals surface area contributed by atoms with Crippen molar-refractivity contribution in [2.45, 2.75) is 13.0 Å². The molecule has 0 radical (unpaired) electrons. The number of benzene rings is 1. The van der Waals surface area contributed by atoms with Gasteiger partial charge in [-0.2, -0.15) is 0 Å². The van der Waals surface area contributed by atoms with E-state index in [9.17, 15) is 4.79 Å². The Kier molecular flexibility index (Phi) is 4.97. The molecule has 3 N–H and O–H groups in total. The van der Waals surface area contributed by atoms with E-state index in [1.807, 2.05) is 14.1 Å². The minimum Gasteiger partial charge on any atom is -0.465 e. The zero-order valence-corrected chi connectivity index (χ0v) is 11.4. The van der Waals surface area contributed by atoms with Gasteiger partial charge in [-0.1, -0.05) is 0 Å². The molecular weight excluding hydrogens is 230 g/mol. The highest BCUT2D eigenvalue weighted by molar-refractivity contribution is 5.96. The van der Waals surface area contributed by atoms with Crippen molar-refractivity contribution in [2.75, 3.05) is 38.8 Å². The molecule has 0 fully saturated rings. The predicted molar refractivity (Wildman–Crippen MR) is 73.8 cm³/mol. The molecule has 1 unspecified atom stereocenters. The molecule has 1 rings (SSSR count). The number of methoxy groups -OCH3 is 1. The van der Waals surface area contributed by atoms with Crippen molar-refractivity contribution in [1.82, 2.24) is 4.90 Å². The van der Waals surface area contributed by atoms with Crippen LogP contribution in [0.3, 0.4) is 0 Å². The maximum Gasteiger partial charge on any atom is 0.340 e. The molecule has 0 aromatic heterocycles. The number of nitrogens with zero attached hydrogens (tertiary/aromatic N) is 1. The number of likely N-dealkylation sites (N-methyl/N-ethyl adjacent to an activating group) is 1. The van der Waals surface area contributed by atoms with Gasteiger partial charge in [0.25, 0.3) is 0 Å². The molecule has 0 saturated carbocycles. The van der Waals surface area contributed by atoms with Crippen LogP contribution in [-0.2, 0) is 4.74 Å². The van der Waals surface area contributed by atoms with Crippen molar-refractivity contribution in [3.63, 3.8) is 0 Å². The lowest BCUT2D eigenvalue weighted by Crippen LogP contribution is -2.31. The topological polar surface area (TPSA) is 67.6 Å². The maximum absolute atomic E-state index is 11.6. The second kappa shape index (κ2) is 6.26. The Hall–Kier alpha value is -1.75. The summed E-state index contributed by atoms with van der Waals surface area (Å²) in [5.41, 5.74) is 7.43. The largest absolute Gasteiger partial charge is 0.465 e. The van der Waals surface area contributed by atoms with Crippen molar-refractivity contribution in [1.29, 1.82) is 0 Å². The summed E-state index contributed by atoms with van der Waals surface area (Å²) in [5.74, 6) is -0.387. The van der Waals surface area contributed by atoms with Gasteiger partial charge >= 0.3 is 5.97 Å². The number of esters is 1. The van der Waals surface area contributed by atoms with E-state index in [2.05, 4.69) is 17.1 Å². The molecule has 0 bridgehead atoms. The molecule has 0 aliphatic heterocycles. The van der Waals surface area contributed by atoms with Gasteiger partial charge in [0.2, 0.25) is 0 Å². The summed E-state index contributed by atoms with van der Waals surface area (Å²) in [6, 6.07) is 5.53. The highest BCUT2D eigenvalue weighted by Crippen LogP contribution is 2.20. The zero-order valence-electron chi connectivity index (χ0n) is 11.4. The molecule has 0 amide bonds. The van der Waals surface area contributed by atoms with E-state index in [1.54, 1.807) is 18.2 Å². The fourth-order valence-corrected chi connectivity index (χ4v) is 1.44. The average molecular weight is 251 g/mol. The molecule has 0 aliphatic rings. The average Bonchev–Trinajstić information content (AvgIpc) is 2.35. The number of nitrogen functional groups attached to an aromatic ring is 1. The Labute approximate surface area is 108 Å². The molecule has 5 nitrogen and oxygen atoms in total. The number of hydrogen-bond acceptors (Lipinski definition) is 5. The number of carbonyl (C=O) groups is 1. The quantitative estimate of drug-likeness (QED) is 0.612. The maximum atomic E-state index is 11.6. The molecule has 1 aromatic carbocycles. The van der Waals surface area contributed by atoms with Gasteiger partial charge in [0, 0.05) is 24.0 Å². The van der Waals surface area contributed by atoms with Crippen LogP contribution in [0.25, 0.3) is 0 Å². The Bertz CT molecular complexity index is 419. The molecule has 1 atom stereocenters. The molecule has 0 aliphatic carbocycles. The summed E-state index contributed by atoms with van der Waals surface area (Å²) in [6.07, 6.45) is 0. The number of nitrogens with two attached hydrogens (primary N) is 1. The second-order valence-electron chi connectivity index (χ2n) is 4.49. The number of nitrogens with one attached hydrogen (secondary N) is 1. The van der Waals surface area contributed by atoms with Crippen LogP contribution in [0.15, 0.2) is 18.2 Å². The minimum absolute atomic E-state index is 0.355. The van der Waals surface area contributed by atoms with E-state index in [-0.39, 0.29) is 5.97 Å². The van der Waals surface area contributed by atoms with Gasteiger partial charge in [0.15, 0.2) is 0 Å². The van der Waals surface area contributed by atoms with Crippen molar-refractivity contribution >= 4 is 17.3 Å². The summed E-state index contributed by atoms with van der Waals surface area (Å²) in [5, 5.41) is 3.24. The standard InChI is InChI=1S/C13H21N3O2/c1-9(16(2)3)8-15-12-6-5-10(14)7-11(12)13(17)18-4/h5-7,9,15H,8,14H2,1-4H3. The number of hydrogen-bond donors (Lipinski definition) is 2. The minimum atomic E-state index is -0.387. The summed E-state index contributed by atoms with van der Waals surface area (Å²) in [6.45, 7) is 2.84. The summed E-state index contributed by atoms with van der Waals surface area (Å²) < 4.78 is 4.74. The van der Waals surface area contributed by atoms with E-state index >= 15 is 0 Å². The van der Waals surface area contributed by atoms with Crippen LogP contribution in [-0.4, -0.2) is 44.7 Å². The van der Waals surface area contributed by atoms with Crippen LogP contribution in [0.4, 0.5) is 11.4 Å². The monoisotopic (exact) mass is 251 g/mol. The van der Waals surface area contributed by atoms with Crippen molar-refractivity contribution in [3.05, 3.63) is 23.8 Å². The molecule has 0 saturated heterocycles. The smallest absolute Gasteiger partial charge is 0.340 e. The number of ether oxygens (including phenoxy) is 1. The van der Waals surface area contributed by atoms with Gasteiger partial charge < -0.3 is 20.7 Å². The van der Waals surface area contributed by atoms with E-state index < -0.39 is 0 Å². The lowest BCUT2D eigenvalue weighted by molar-refractivity contribution is 0.0602. The molecule has 0 spiro atoms. The predicted octanol–water partition coefficient (Wildman–Crippen LogP) is 1.42. The third-order valence-electron chi connectivity index (χ3n) is 2.92. The number of rotatable bonds is 5. The first-order valence-corrected chi connectivity index (χ1v) is 5.83. The lowest BCUT2D eigenvalue weighted by atomic mass is 10.1. The van der Waals surface area contributed by atoms with Gasteiger partial charge in [-0.25, -0.2) is 4.79 Å². The lowest BCUT2D eigenvalue weighted by Gasteiger charge is -2.21. The summed E-state index contributed by atoms with van der Waals surface area (Å²) >= 11 is 0. The normalized spacial score (nSPS) is 12.3. The molecule has 100 valence electrons. The van der Waals surface area contributed by atoms with Crippen molar-refractivity contribution in [2.24, 2.45) is 0 Å². The molecule has 5 heteroatoms. The highest BCUT2D eigenvalue weighted by Gasteiger charge is 2.13. The fraction of sp³-hybridized carbons (Fsp3) is 0.462. The zero-order chi connectivity index (χ0) is 13.7. The van der Waals surface area contributed by atoms with Gasteiger partial charge in [0.05, 0.1) is 12.7 Å². The third-order valence-corrected chi connectivity index (χ3v) is 2.92. The van der Waals surface area contributed by atoms with Crippen LogP contribution in [0.5, 0.6) is 0 Å². The SMILES string of the molecule is COC(=O)c1cc(N)ccc1NCC(C)N(C)C. The first-order valence-electron chi connectivity index (χ1n) is 5.83. The second-order valence-corrected chi connectivity index (χ2v) is 4.49. The third kappa shape index (κ3) is 3.63. The molecule has 0 heterocycles. The van der Waals surface area contributed by atoms with E-state index in [1.165, 1.54) is 7.11 Å². The molecule has 1 aromatic rings. The summed E-state index contributed by atoms with van der Waals surface area (Å²) in [4.78, 5) is 13.7.